The van der Waals surface area contributed by atoms with Gasteiger partial charge in [-0.3, -0.25) is 0 Å². The molecule has 0 saturated heterocycles. The average molecular weight is 217 g/mol. The number of nitrogens with zero attached hydrogens (tertiary/aromatic N) is 3. The van der Waals surface area contributed by atoms with Gasteiger partial charge in [-0.1, -0.05) is 30.3 Å². The Morgan fingerprint density at radius 3 is 2.67 bits per heavy atom. The van der Waals surface area contributed by atoms with E-state index >= 15 is 0 Å². The molecule has 0 aliphatic carbocycles. The van der Waals surface area contributed by atoms with Crippen molar-refractivity contribution in [1.29, 1.82) is 0 Å². The molecule has 0 saturated carbocycles. The lowest BCUT2D eigenvalue weighted by atomic mass is 10.2. The van der Waals surface area contributed by atoms with Crippen LogP contribution >= 0.6 is 12.6 Å². The average Bonchev–Trinajstić information content (AvgIpc) is 2.56. The second-order valence-corrected chi connectivity index (χ2v) is 3.60. The summed E-state index contributed by atoms with van der Waals surface area (Å²) in [5.41, 5.74) is 1.06. The maximum Gasteiger partial charge on any atom is 0.128 e. The first-order valence-electron chi connectivity index (χ1n) is 4.60. The first-order chi connectivity index (χ1) is 7.25. The normalized spacial score (nSPS) is 11.1. The molecule has 2 rings (SSSR count). The highest BCUT2D eigenvalue weighted by Gasteiger charge is 1.97. The smallest absolute Gasteiger partial charge is 0.128 e. The minimum atomic E-state index is 0.678. The molecular weight excluding hydrogens is 206 g/mol. The maximum atomic E-state index is 4.28. The standard InChI is InChI=1S/C11H11N3S/c1-9-13-11(15)8-14(9)12-7-10-5-3-2-4-6-10/h2-8,15H,1H3. The van der Waals surface area contributed by atoms with Crippen molar-refractivity contribution in [3.8, 4) is 0 Å². The minimum absolute atomic E-state index is 0.678. The van der Waals surface area contributed by atoms with Crippen LogP contribution in [0.2, 0.25) is 0 Å². The van der Waals surface area contributed by atoms with Gasteiger partial charge in [0.2, 0.25) is 0 Å². The van der Waals surface area contributed by atoms with Crippen molar-refractivity contribution in [1.82, 2.24) is 9.66 Å². The maximum absolute atomic E-state index is 4.28. The van der Waals surface area contributed by atoms with Gasteiger partial charge in [-0.2, -0.15) is 5.10 Å². The molecule has 0 amide bonds. The van der Waals surface area contributed by atoms with Crippen LogP contribution in [0.3, 0.4) is 0 Å². The third-order valence-corrected chi connectivity index (χ3v) is 2.19. The summed E-state index contributed by atoms with van der Waals surface area (Å²) in [6.45, 7) is 1.89. The Kier molecular flexibility index (Phi) is 2.87. The van der Waals surface area contributed by atoms with Gasteiger partial charge in [-0.25, -0.2) is 9.66 Å². The van der Waals surface area contributed by atoms with Gasteiger partial charge in [0.25, 0.3) is 0 Å². The van der Waals surface area contributed by atoms with Crippen LogP contribution in [0.1, 0.15) is 11.4 Å². The second kappa shape index (κ2) is 4.31. The summed E-state index contributed by atoms with van der Waals surface area (Å²) >= 11 is 4.15. The quantitative estimate of drug-likeness (QED) is 0.607. The van der Waals surface area contributed by atoms with Crippen LogP contribution in [-0.4, -0.2) is 15.9 Å². The monoisotopic (exact) mass is 217 g/mol. The molecule has 0 spiro atoms. The molecule has 76 valence electrons. The van der Waals surface area contributed by atoms with E-state index in [4.69, 9.17) is 0 Å². The van der Waals surface area contributed by atoms with E-state index in [2.05, 4.69) is 22.7 Å². The molecule has 0 atom stereocenters. The predicted octanol–water partition coefficient (Wildman–Crippen LogP) is 2.36. The molecule has 0 aliphatic rings. The van der Waals surface area contributed by atoms with Crippen molar-refractivity contribution in [2.75, 3.05) is 0 Å². The number of hydrogen-bond acceptors (Lipinski definition) is 3. The molecule has 0 N–H and O–H groups in total. The first-order valence-corrected chi connectivity index (χ1v) is 5.05. The number of aromatic nitrogens is 2. The molecule has 1 aromatic carbocycles. The van der Waals surface area contributed by atoms with Crippen molar-refractivity contribution in [3.63, 3.8) is 0 Å². The fraction of sp³-hybridized carbons (Fsp3) is 0.0909. The molecule has 0 unspecified atom stereocenters. The zero-order chi connectivity index (χ0) is 10.7. The van der Waals surface area contributed by atoms with Crippen LogP contribution in [0.25, 0.3) is 0 Å². The van der Waals surface area contributed by atoms with Crippen LogP contribution in [0.5, 0.6) is 0 Å². The Bertz CT molecular complexity index is 474. The third-order valence-electron chi connectivity index (χ3n) is 1.98. The van der Waals surface area contributed by atoms with E-state index < -0.39 is 0 Å². The minimum Gasteiger partial charge on any atom is -0.226 e. The Morgan fingerprint density at radius 1 is 1.33 bits per heavy atom. The highest BCUT2D eigenvalue weighted by Crippen LogP contribution is 2.05. The van der Waals surface area contributed by atoms with Crippen molar-refractivity contribution in [2.24, 2.45) is 5.10 Å². The van der Waals surface area contributed by atoms with Gasteiger partial charge in [0.1, 0.15) is 10.9 Å². The van der Waals surface area contributed by atoms with Crippen molar-refractivity contribution >= 4 is 18.8 Å². The van der Waals surface area contributed by atoms with Crippen LogP contribution in [0.15, 0.2) is 46.7 Å². The fourth-order valence-corrected chi connectivity index (χ4v) is 1.49. The van der Waals surface area contributed by atoms with Gasteiger partial charge < -0.3 is 0 Å². The Balaban J connectivity index is 2.22. The molecule has 4 heteroatoms. The molecule has 0 radical (unpaired) electrons. The van der Waals surface area contributed by atoms with Crippen molar-refractivity contribution in [2.45, 2.75) is 11.9 Å². The molecule has 2 aromatic rings. The summed E-state index contributed by atoms with van der Waals surface area (Å²) in [6, 6.07) is 9.93. The number of benzene rings is 1. The largest absolute Gasteiger partial charge is 0.226 e. The predicted molar refractivity (Wildman–Crippen MR) is 63.7 cm³/mol. The Hall–Kier alpha value is -1.55. The molecule has 0 aliphatic heterocycles. The van der Waals surface area contributed by atoms with Gasteiger partial charge in [-0.15, -0.1) is 12.6 Å². The molecule has 3 nitrogen and oxygen atoms in total. The second-order valence-electron chi connectivity index (χ2n) is 3.15. The van der Waals surface area contributed by atoms with E-state index in [1.807, 2.05) is 37.3 Å². The van der Waals surface area contributed by atoms with Gasteiger partial charge in [0, 0.05) is 0 Å². The summed E-state index contributed by atoms with van der Waals surface area (Å²) < 4.78 is 1.70. The molecule has 1 heterocycles. The van der Waals surface area contributed by atoms with Crippen LogP contribution in [0, 0.1) is 6.92 Å². The van der Waals surface area contributed by atoms with E-state index in [0.717, 1.165) is 11.4 Å². The van der Waals surface area contributed by atoms with Crippen LogP contribution < -0.4 is 0 Å². The molecule has 0 fully saturated rings. The fourth-order valence-electron chi connectivity index (χ4n) is 1.23. The summed E-state index contributed by atoms with van der Waals surface area (Å²) in [5, 5.41) is 4.96. The third kappa shape index (κ3) is 2.47. The summed E-state index contributed by atoms with van der Waals surface area (Å²) in [4.78, 5) is 4.14. The van der Waals surface area contributed by atoms with E-state index in [0.29, 0.717) is 5.03 Å². The SMILES string of the molecule is Cc1nc(S)cn1N=Cc1ccccc1. The summed E-state index contributed by atoms with van der Waals surface area (Å²) in [6.07, 6.45) is 3.57. The number of thiol groups is 1. The summed E-state index contributed by atoms with van der Waals surface area (Å²) in [5.74, 6) is 0.826. The van der Waals surface area contributed by atoms with Gasteiger partial charge in [0.05, 0.1) is 12.4 Å². The zero-order valence-electron chi connectivity index (χ0n) is 8.33. The highest BCUT2D eigenvalue weighted by atomic mass is 32.1. The van der Waals surface area contributed by atoms with E-state index in [1.165, 1.54) is 0 Å². The van der Waals surface area contributed by atoms with E-state index in [9.17, 15) is 0 Å². The van der Waals surface area contributed by atoms with Gasteiger partial charge in [-0.05, 0) is 12.5 Å². The van der Waals surface area contributed by atoms with E-state index in [1.54, 1.807) is 17.1 Å². The lowest BCUT2D eigenvalue weighted by Crippen LogP contribution is -1.91. The molecular formula is C11H11N3S. The Morgan fingerprint density at radius 2 is 2.07 bits per heavy atom. The van der Waals surface area contributed by atoms with E-state index in [-0.39, 0.29) is 0 Å². The number of imidazole rings is 1. The Labute approximate surface area is 93.9 Å². The van der Waals surface area contributed by atoms with Crippen LogP contribution in [-0.2, 0) is 0 Å². The van der Waals surface area contributed by atoms with Crippen molar-refractivity contribution in [3.05, 3.63) is 47.9 Å². The summed E-state index contributed by atoms with van der Waals surface area (Å²) in [7, 11) is 0. The zero-order valence-corrected chi connectivity index (χ0v) is 9.22. The van der Waals surface area contributed by atoms with Crippen molar-refractivity contribution < 1.29 is 0 Å². The number of hydrogen-bond donors (Lipinski definition) is 1. The van der Waals surface area contributed by atoms with Gasteiger partial charge in [0.15, 0.2) is 0 Å². The number of rotatable bonds is 2. The van der Waals surface area contributed by atoms with Gasteiger partial charge >= 0.3 is 0 Å². The highest BCUT2D eigenvalue weighted by molar-refractivity contribution is 7.80. The lowest BCUT2D eigenvalue weighted by Gasteiger charge is -1.94. The number of aryl methyl sites for hydroxylation is 1. The molecule has 1 aromatic heterocycles. The first kappa shape index (κ1) is 9.98. The topological polar surface area (TPSA) is 30.2 Å². The molecule has 15 heavy (non-hydrogen) atoms. The van der Waals surface area contributed by atoms with Crippen LogP contribution in [0.4, 0.5) is 0 Å². The lowest BCUT2D eigenvalue weighted by molar-refractivity contribution is 0.832. The molecule has 0 bridgehead atoms.